The van der Waals surface area contributed by atoms with E-state index in [1.807, 2.05) is 20.8 Å². The van der Waals surface area contributed by atoms with Crippen molar-refractivity contribution in [2.24, 2.45) is 0 Å². The highest BCUT2D eigenvalue weighted by atomic mass is 16.2. The zero-order valence-electron chi connectivity index (χ0n) is 12.3. The zero-order chi connectivity index (χ0) is 13.5. The number of nitrogens with zero attached hydrogens (tertiary/aromatic N) is 1. The maximum Gasteiger partial charge on any atom is 0.237 e. The van der Waals surface area contributed by atoms with Crippen molar-refractivity contribution in [1.82, 2.24) is 15.5 Å². The minimum atomic E-state index is -0.0878. The summed E-state index contributed by atoms with van der Waals surface area (Å²) in [4.78, 5) is 14.3. The molecule has 1 aliphatic heterocycles. The number of hydrogen-bond donors (Lipinski definition) is 2. The zero-order valence-corrected chi connectivity index (χ0v) is 12.3. The first-order chi connectivity index (χ1) is 8.52. The Morgan fingerprint density at radius 2 is 1.89 bits per heavy atom. The molecule has 0 saturated carbocycles. The molecule has 0 radical (unpaired) electrons. The number of nitrogens with one attached hydrogen (secondary N) is 2. The summed E-state index contributed by atoms with van der Waals surface area (Å²) in [6.45, 7) is 11.7. The molecule has 1 heterocycles. The lowest BCUT2D eigenvalue weighted by Gasteiger charge is -2.33. The summed E-state index contributed by atoms with van der Waals surface area (Å²) in [5, 5.41) is 6.40. The van der Waals surface area contributed by atoms with E-state index in [-0.39, 0.29) is 18.0 Å². The Morgan fingerprint density at radius 1 is 1.28 bits per heavy atom. The van der Waals surface area contributed by atoms with E-state index in [0.717, 1.165) is 25.9 Å². The van der Waals surface area contributed by atoms with E-state index >= 15 is 0 Å². The monoisotopic (exact) mass is 255 g/mol. The molecule has 1 unspecified atom stereocenters. The van der Waals surface area contributed by atoms with Crippen molar-refractivity contribution in [3.8, 4) is 0 Å². The number of hydrogen-bond acceptors (Lipinski definition) is 3. The first-order valence-corrected chi connectivity index (χ1v) is 7.31. The summed E-state index contributed by atoms with van der Waals surface area (Å²) in [5.41, 5.74) is 0. The van der Waals surface area contributed by atoms with Crippen LogP contribution in [0.4, 0.5) is 0 Å². The molecular formula is C14H29N3O. The number of likely N-dealkylation sites (tertiary alicyclic amines) is 1. The third-order valence-electron chi connectivity index (χ3n) is 3.44. The summed E-state index contributed by atoms with van der Waals surface area (Å²) in [6.07, 6.45) is 3.53. The second-order valence-corrected chi connectivity index (χ2v) is 5.67. The van der Waals surface area contributed by atoms with Gasteiger partial charge < -0.3 is 15.5 Å². The molecular weight excluding hydrogens is 226 g/mol. The molecule has 0 aromatic carbocycles. The molecule has 1 fully saturated rings. The molecule has 1 atom stereocenters. The Hall–Kier alpha value is -0.610. The van der Waals surface area contributed by atoms with E-state index in [9.17, 15) is 4.79 Å². The number of piperidine rings is 1. The topological polar surface area (TPSA) is 44.4 Å². The van der Waals surface area contributed by atoms with E-state index in [2.05, 4.69) is 22.5 Å². The third kappa shape index (κ3) is 5.36. The van der Waals surface area contributed by atoms with Crippen LogP contribution in [-0.4, -0.2) is 48.6 Å². The molecule has 18 heavy (non-hydrogen) atoms. The fourth-order valence-electron chi connectivity index (χ4n) is 2.48. The number of carbonyl (C=O) groups excluding carboxylic acids is 1. The van der Waals surface area contributed by atoms with E-state index in [1.165, 1.54) is 13.0 Å². The van der Waals surface area contributed by atoms with Crippen LogP contribution in [0.25, 0.3) is 0 Å². The third-order valence-corrected chi connectivity index (χ3v) is 3.44. The quantitative estimate of drug-likeness (QED) is 0.753. The van der Waals surface area contributed by atoms with Crippen molar-refractivity contribution in [3.05, 3.63) is 0 Å². The Balaban J connectivity index is 2.25. The van der Waals surface area contributed by atoms with Crippen LogP contribution in [0.15, 0.2) is 0 Å². The van der Waals surface area contributed by atoms with Crippen molar-refractivity contribution < 1.29 is 4.79 Å². The van der Waals surface area contributed by atoms with Crippen molar-refractivity contribution in [3.63, 3.8) is 0 Å². The predicted octanol–water partition coefficient (Wildman–Crippen LogP) is 1.36. The fourth-order valence-corrected chi connectivity index (χ4v) is 2.48. The van der Waals surface area contributed by atoms with E-state index < -0.39 is 0 Å². The largest absolute Gasteiger partial charge is 0.353 e. The molecule has 106 valence electrons. The lowest BCUT2D eigenvalue weighted by atomic mass is 10.0. The van der Waals surface area contributed by atoms with Crippen LogP contribution >= 0.6 is 0 Å². The average Bonchev–Trinajstić information content (AvgIpc) is 2.31. The van der Waals surface area contributed by atoms with Gasteiger partial charge in [-0.15, -0.1) is 0 Å². The molecule has 0 aliphatic carbocycles. The molecule has 1 saturated heterocycles. The van der Waals surface area contributed by atoms with Gasteiger partial charge in [-0.1, -0.05) is 6.92 Å². The van der Waals surface area contributed by atoms with Gasteiger partial charge in [0.25, 0.3) is 0 Å². The van der Waals surface area contributed by atoms with Gasteiger partial charge in [0, 0.05) is 12.1 Å². The normalized spacial score (nSPS) is 20.1. The highest BCUT2D eigenvalue weighted by molar-refractivity contribution is 5.81. The maximum atomic E-state index is 11.8. The maximum absolute atomic E-state index is 11.8. The lowest BCUT2D eigenvalue weighted by molar-refractivity contribution is -0.123. The van der Waals surface area contributed by atoms with E-state index in [1.54, 1.807) is 0 Å². The Labute approximate surface area is 111 Å². The van der Waals surface area contributed by atoms with Gasteiger partial charge in [0.2, 0.25) is 5.91 Å². The van der Waals surface area contributed by atoms with E-state index in [4.69, 9.17) is 0 Å². The predicted molar refractivity (Wildman–Crippen MR) is 75.6 cm³/mol. The van der Waals surface area contributed by atoms with Crippen LogP contribution < -0.4 is 10.6 Å². The highest BCUT2D eigenvalue weighted by Gasteiger charge is 2.22. The van der Waals surface area contributed by atoms with Crippen molar-refractivity contribution in [2.75, 3.05) is 19.6 Å². The minimum absolute atomic E-state index is 0.0878. The summed E-state index contributed by atoms with van der Waals surface area (Å²) >= 11 is 0. The van der Waals surface area contributed by atoms with Gasteiger partial charge in [0.1, 0.15) is 0 Å². The minimum Gasteiger partial charge on any atom is -0.353 e. The van der Waals surface area contributed by atoms with Gasteiger partial charge in [-0.2, -0.15) is 0 Å². The lowest BCUT2D eigenvalue weighted by Crippen LogP contribution is -2.51. The van der Waals surface area contributed by atoms with Gasteiger partial charge in [-0.05, 0) is 59.7 Å². The van der Waals surface area contributed by atoms with Crippen LogP contribution in [0, 0.1) is 0 Å². The SMILES string of the molecule is CCCN1CCC(NC(C)C(=O)NC(C)C)CC1. The molecule has 4 heteroatoms. The van der Waals surface area contributed by atoms with Crippen LogP contribution in [0.1, 0.15) is 47.0 Å². The standard InChI is InChI=1S/C14H29N3O/c1-5-8-17-9-6-13(7-10-17)16-12(4)14(18)15-11(2)3/h11-13,16H,5-10H2,1-4H3,(H,15,18). The Morgan fingerprint density at radius 3 is 2.39 bits per heavy atom. The first kappa shape index (κ1) is 15.4. The van der Waals surface area contributed by atoms with Gasteiger partial charge >= 0.3 is 0 Å². The van der Waals surface area contributed by atoms with Crippen LogP contribution in [0.3, 0.4) is 0 Å². The smallest absolute Gasteiger partial charge is 0.237 e. The summed E-state index contributed by atoms with van der Waals surface area (Å²) in [6, 6.07) is 0.620. The molecule has 2 N–H and O–H groups in total. The second kappa shape index (κ2) is 7.74. The second-order valence-electron chi connectivity index (χ2n) is 5.67. The first-order valence-electron chi connectivity index (χ1n) is 7.31. The summed E-state index contributed by atoms with van der Waals surface area (Å²) in [5.74, 6) is 0.112. The fraction of sp³-hybridized carbons (Fsp3) is 0.929. The number of rotatable bonds is 6. The van der Waals surface area contributed by atoms with E-state index in [0.29, 0.717) is 6.04 Å². The van der Waals surface area contributed by atoms with Crippen molar-refractivity contribution in [2.45, 2.75) is 65.1 Å². The number of carbonyl (C=O) groups is 1. The molecule has 1 aliphatic rings. The average molecular weight is 255 g/mol. The summed E-state index contributed by atoms with van der Waals surface area (Å²) < 4.78 is 0. The van der Waals surface area contributed by atoms with Crippen LogP contribution in [-0.2, 0) is 4.79 Å². The number of amides is 1. The van der Waals surface area contributed by atoms with Crippen molar-refractivity contribution in [1.29, 1.82) is 0 Å². The van der Waals surface area contributed by atoms with Gasteiger partial charge in [0.15, 0.2) is 0 Å². The molecule has 1 rings (SSSR count). The molecule has 0 bridgehead atoms. The molecule has 4 nitrogen and oxygen atoms in total. The Bertz CT molecular complexity index is 247. The molecule has 1 amide bonds. The van der Waals surface area contributed by atoms with Crippen LogP contribution in [0.5, 0.6) is 0 Å². The van der Waals surface area contributed by atoms with Gasteiger partial charge in [0.05, 0.1) is 6.04 Å². The highest BCUT2D eigenvalue weighted by Crippen LogP contribution is 2.11. The van der Waals surface area contributed by atoms with Crippen LogP contribution in [0.2, 0.25) is 0 Å². The van der Waals surface area contributed by atoms with Gasteiger partial charge in [-0.3, -0.25) is 4.79 Å². The molecule has 0 aromatic heterocycles. The Kier molecular flexibility index (Phi) is 6.65. The van der Waals surface area contributed by atoms with Crippen molar-refractivity contribution >= 4 is 5.91 Å². The summed E-state index contributed by atoms with van der Waals surface area (Å²) in [7, 11) is 0. The molecule has 0 aromatic rings. The molecule has 0 spiro atoms. The van der Waals surface area contributed by atoms with Gasteiger partial charge in [-0.25, -0.2) is 0 Å².